The van der Waals surface area contributed by atoms with Gasteiger partial charge in [-0.2, -0.15) is 0 Å². The Bertz CT molecular complexity index is 378. The van der Waals surface area contributed by atoms with Gasteiger partial charge in [0.2, 0.25) is 0 Å². The van der Waals surface area contributed by atoms with Gasteiger partial charge in [0, 0.05) is 6.07 Å². The van der Waals surface area contributed by atoms with Crippen LogP contribution >= 0.6 is 15.9 Å². The zero-order chi connectivity index (χ0) is 10.9. The fourth-order valence-corrected chi connectivity index (χ4v) is 1.36. The van der Waals surface area contributed by atoms with Crippen molar-refractivity contribution in [3.05, 3.63) is 32.3 Å². The number of hydrogen-bond donors (Lipinski definition) is 2. The molecule has 0 saturated heterocycles. The summed E-state index contributed by atoms with van der Waals surface area (Å²) in [6.07, 6.45) is 0. The van der Waals surface area contributed by atoms with Crippen LogP contribution in [0, 0.1) is 10.1 Å². The van der Waals surface area contributed by atoms with Crippen LogP contribution in [0.4, 0.5) is 5.69 Å². The number of benzene rings is 1. The Morgan fingerprint density at radius 1 is 1.50 bits per heavy atom. The van der Waals surface area contributed by atoms with Crippen molar-refractivity contribution >= 4 is 27.6 Å². The first kappa shape index (κ1) is 10.5. The summed E-state index contributed by atoms with van der Waals surface area (Å²) in [6.45, 7) is 0. The molecular weight excluding hydrogens is 258 g/mol. The molecule has 0 spiro atoms. The highest BCUT2D eigenvalue weighted by Crippen LogP contribution is 2.35. The van der Waals surface area contributed by atoms with Crippen LogP contribution < -0.4 is 0 Å². The van der Waals surface area contributed by atoms with Gasteiger partial charge in [0.15, 0.2) is 5.75 Å². The van der Waals surface area contributed by atoms with E-state index in [1.165, 1.54) is 0 Å². The van der Waals surface area contributed by atoms with Crippen molar-refractivity contribution in [2.75, 3.05) is 0 Å². The molecule has 0 fully saturated rings. The van der Waals surface area contributed by atoms with Gasteiger partial charge in [-0.15, -0.1) is 0 Å². The van der Waals surface area contributed by atoms with E-state index in [4.69, 9.17) is 5.11 Å². The second-order valence-electron chi connectivity index (χ2n) is 2.36. The quantitative estimate of drug-likeness (QED) is 0.624. The molecule has 0 radical (unpaired) electrons. The number of aromatic hydroxyl groups is 1. The molecule has 0 amide bonds. The molecule has 0 aromatic heterocycles. The molecule has 74 valence electrons. The second kappa shape index (κ2) is 3.62. The Labute approximate surface area is 86.1 Å². The molecule has 6 nitrogen and oxygen atoms in total. The second-order valence-corrected chi connectivity index (χ2v) is 3.15. The van der Waals surface area contributed by atoms with Gasteiger partial charge in [-0.1, -0.05) is 0 Å². The maximum absolute atomic E-state index is 10.5. The van der Waals surface area contributed by atoms with E-state index < -0.39 is 16.6 Å². The predicted molar refractivity (Wildman–Crippen MR) is 49.4 cm³/mol. The van der Waals surface area contributed by atoms with Crippen molar-refractivity contribution in [2.24, 2.45) is 0 Å². The summed E-state index contributed by atoms with van der Waals surface area (Å²) < 4.78 is -0.234. The van der Waals surface area contributed by atoms with Crippen LogP contribution in [-0.2, 0) is 0 Å². The minimum absolute atomic E-state index is 0.234. The van der Waals surface area contributed by atoms with E-state index in [1.54, 1.807) is 0 Å². The molecule has 0 aliphatic heterocycles. The van der Waals surface area contributed by atoms with Crippen molar-refractivity contribution in [1.82, 2.24) is 0 Å². The summed E-state index contributed by atoms with van der Waals surface area (Å²) in [5.41, 5.74) is -0.769. The van der Waals surface area contributed by atoms with Crippen molar-refractivity contribution in [1.29, 1.82) is 0 Å². The molecule has 0 bridgehead atoms. The molecule has 14 heavy (non-hydrogen) atoms. The van der Waals surface area contributed by atoms with Crippen LogP contribution in [0.1, 0.15) is 10.4 Å². The average Bonchev–Trinajstić information content (AvgIpc) is 2.08. The lowest BCUT2D eigenvalue weighted by Gasteiger charge is -2.01. The first-order chi connectivity index (χ1) is 6.45. The standard InChI is InChI=1S/C7H4BrNO5/c8-5-4(9(13)14)2-1-3(6(5)10)7(11)12/h1-2,10H,(H,11,12). The van der Waals surface area contributed by atoms with Gasteiger partial charge in [0.05, 0.1) is 4.92 Å². The largest absolute Gasteiger partial charge is 0.506 e. The monoisotopic (exact) mass is 261 g/mol. The molecule has 1 aromatic rings. The third kappa shape index (κ3) is 1.67. The van der Waals surface area contributed by atoms with Crippen molar-refractivity contribution in [3.8, 4) is 5.75 Å². The van der Waals surface area contributed by atoms with Gasteiger partial charge in [0.25, 0.3) is 5.69 Å². The Kier molecular flexibility index (Phi) is 2.70. The number of nitro benzene ring substituents is 1. The van der Waals surface area contributed by atoms with Crippen molar-refractivity contribution in [2.45, 2.75) is 0 Å². The maximum atomic E-state index is 10.5. The van der Waals surface area contributed by atoms with Gasteiger partial charge in [0.1, 0.15) is 10.0 Å². The molecule has 0 unspecified atom stereocenters. The lowest BCUT2D eigenvalue weighted by Crippen LogP contribution is -1.99. The molecular formula is C7H4BrNO5. The number of rotatable bonds is 2. The van der Waals surface area contributed by atoms with Gasteiger partial charge in [-0.3, -0.25) is 10.1 Å². The number of carbonyl (C=O) groups is 1. The van der Waals surface area contributed by atoms with E-state index in [0.29, 0.717) is 0 Å². The Balaban J connectivity index is 3.41. The van der Waals surface area contributed by atoms with E-state index in [2.05, 4.69) is 15.9 Å². The molecule has 0 aliphatic carbocycles. The van der Waals surface area contributed by atoms with Crippen LogP contribution in [0.5, 0.6) is 5.75 Å². The number of nitrogens with zero attached hydrogens (tertiary/aromatic N) is 1. The number of phenols is 1. The van der Waals surface area contributed by atoms with Crippen LogP contribution in [0.3, 0.4) is 0 Å². The zero-order valence-corrected chi connectivity index (χ0v) is 8.19. The highest BCUT2D eigenvalue weighted by molar-refractivity contribution is 9.10. The van der Waals surface area contributed by atoms with E-state index in [1.807, 2.05) is 0 Å². The molecule has 0 atom stereocenters. The zero-order valence-electron chi connectivity index (χ0n) is 6.60. The number of halogens is 1. The van der Waals surface area contributed by atoms with E-state index in [0.717, 1.165) is 12.1 Å². The van der Waals surface area contributed by atoms with Crippen molar-refractivity contribution in [3.63, 3.8) is 0 Å². The first-order valence-corrected chi connectivity index (χ1v) is 4.13. The molecule has 0 aliphatic rings. The maximum Gasteiger partial charge on any atom is 0.339 e. The summed E-state index contributed by atoms with van der Waals surface area (Å²) in [6, 6.07) is 1.98. The molecule has 7 heteroatoms. The topological polar surface area (TPSA) is 101 Å². The number of carboxylic acids is 1. The summed E-state index contributed by atoms with van der Waals surface area (Å²) in [5, 5.41) is 28.2. The lowest BCUT2D eigenvalue weighted by molar-refractivity contribution is -0.385. The Hall–Kier alpha value is -1.63. The third-order valence-corrected chi connectivity index (χ3v) is 2.30. The highest BCUT2D eigenvalue weighted by Gasteiger charge is 2.21. The molecule has 1 rings (SSSR count). The number of aromatic carboxylic acids is 1. The highest BCUT2D eigenvalue weighted by atomic mass is 79.9. The van der Waals surface area contributed by atoms with Crippen LogP contribution in [0.25, 0.3) is 0 Å². The van der Waals surface area contributed by atoms with E-state index in [9.17, 15) is 20.0 Å². The van der Waals surface area contributed by atoms with Gasteiger partial charge < -0.3 is 10.2 Å². The predicted octanol–water partition coefficient (Wildman–Crippen LogP) is 1.76. The molecule has 0 saturated carbocycles. The normalized spacial score (nSPS) is 9.79. The Morgan fingerprint density at radius 2 is 2.07 bits per heavy atom. The summed E-state index contributed by atoms with van der Waals surface area (Å²) >= 11 is 2.74. The minimum Gasteiger partial charge on any atom is -0.506 e. The molecule has 1 aromatic carbocycles. The van der Waals surface area contributed by atoms with Gasteiger partial charge in [-0.05, 0) is 22.0 Å². The molecule has 0 heterocycles. The smallest absolute Gasteiger partial charge is 0.339 e. The lowest BCUT2D eigenvalue weighted by atomic mass is 10.2. The first-order valence-electron chi connectivity index (χ1n) is 3.34. The van der Waals surface area contributed by atoms with E-state index in [-0.39, 0.29) is 15.7 Å². The SMILES string of the molecule is O=C(O)c1ccc([N+](=O)[O-])c(Br)c1O. The number of carboxylic acid groups (broad SMARTS) is 1. The minimum atomic E-state index is -1.35. The summed E-state index contributed by atoms with van der Waals surface area (Å²) in [5.74, 6) is -2.00. The number of nitro groups is 1. The fourth-order valence-electron chi connectivity index (χ4n) is 0.867. The van der Waals surface area contributed by atoms with E-state index >= 15 is 0 Å². The summed E-state index contributed by atoms with van der Waals surface area (Å²) in [4.78, 5) is 20.1. The average molecular weight is 262 g/mol. The Morgan fingerprint density at radius 3 is 2.50 bits per heavy atom. The van der Waals surface area contributed by atoms with Crippen LogP contribution in [-0.4, -0.2) is 21.1 Å². The van der Waals surface area contributed by atoms with Gasteiger partial charge >= 0.3 is 5.97 Å². The number of hydrogen-bond acceptors (Lipinski definition) is 4. The van der Waals surface area contributed by atoms with Gasteiger partial charge in [-0.25, -0.2) is 4.79 Å². The van der Waals surface area contributed by atoms with Crippen LogP contribution in [0.2, 0.25) is 0 Å². The van der Waals surface area contributed by atoms with Crippen LogP contribution in [0.15, 0.2) is 16.6 Å². The van der Waals surface area contributed by atoms with Crippen molar-refractivity contribution < 1.29 is 19.9 Å². The third-order valence-electron chi connectivity index (χ3n) is 1.52. The molecule has 2 N–H and O–H groups in total. The fraction of sp³-hybridized carbons (Fsp3) is 0. The summed E-state index contributed by atoms with van der Waals surface area (Å²) in [7, 11) is 0.